The van der Waals surface area contributed by atoms with Gasteiger partial charge in [-0.25, -0.2) is 4.79 Å². The number of rotatable bonds is 4. The van der Waals surface area contributed by atoms with Gasteiger partial charge in [0.25, 0.3) is 0 Å². The van der Waals surface area contributed by atoms with Crippen molar-refractivity contribution in [1.29, 1.82) is 0 Å². The molecule has 0 amide bonds. The molecule has 7 heteroatoms. The number of ether oxygens (including phenoxy) is 1. The van der Waals surface area contributed by atoms with Crippen LogP contribution in [0.1, 0.15) is 28.6 Å². The molecule has 0 saturated carbocycles. The van der Waals surface area contributed by atoms with E-state index in [2.05, 4.69) is 0 Å². The third-order valence-electron chi connectivity index (χ3n) is 4.49. The molecule has 2 heterocycles. The maximum Gasteiger partial charge on any atom is 0.416 e. The number of carbonyl (C=O) groups excluding carboxylic acids is 1. The van der Waals surface area contributed by atoms with E-state index < -0.39 is 17.7 Å². The Kier molecular flexibility index (Phi) is 4.37. The quantitative estimate of drug-likeness (QED) is 0.426. The number of halogens is 3. The van der Waals surface area contributed by atoms with E-state index in [1.165, 1.54) is 0 Å². The molecule has 0 radical (unpaired) electrons. The summed E-state index contributed by atoms with van der Waals surface area (Å²) in [5.41, 5.74) is 0.100. The highest BCUT2D eigenvalue weighted by molar-refractivity contribution is 6.03. The fourth-order valence-corrected chi connectivity index (χ4v) is 3.29. The van der Waals surface area contributed by atoms with Crippen molar-refractivity contribution in [3.05, 3.63) is 71.6 Å². The molecule has 0 atom stereocenters. The highest BCUT2D eigenvalue weighted by Gasteiger charge is 2.33. The fraction of sp³-hybridized carbons (Fsp3) is 0.190. The third kappa shape index (κ3) is 3.24. The highest BCUT2D eigenvalue weighted by atomic mass is 19.4. The van der Waals surface area contributed by atoms with E-state index in [4.69, 9.17) is 9.15 Å². The van der Waals surface area contributed by atoms with Gasteiger partial charge in [-0.2, -0.15) is 13.2 Å². The lowest BCUT2D eigenvalue weighted by Gasteiger charge is -2.12. The van der Waals surface area contributed by atoms with E-state index in [-0.39, 0.29) is 18.7 Å². The van der Waals surface area contributed by atoms with Crippen LogP contribution >= 0.6 is 0 Å². The average Bonchev–Trinajstić information content (AvgIpc) is 3.24. The Balaban J connectivity index is 1.83. The SMILES string of the molecule is CCOC(=O)c1cc(C(F)(F)F)cc2ccn(Cc3cc4ccccc4o3)c12. The Morgan fingerprint density at radius 1 is 1.11 bits per heavy atom. The summed E-state index contributed by atoms with van der Waals surface area (Å²) in [5.74, 6) is -0.156. The zero-order valence-corrected chi connectivity index (χ0v) is 14.9. The molecule has 4 nitrogen and oxygen atoms in total. The summed E-state index contributed by atoms with van der Waals surface area (Å²) in [6, 6.07) is 12.8. The number of nitrogens with zero attached hydrogens (tertiary/aromatic N) is 1. The second-order valence-electron chi connectivity index (χ2n) is 6.37. The predicted molar refractivity (Wildman–Crippen MR) is 98.2 cm³/mol. The van der Waals surface area contributed by atoms with Crippen LogP contribution in [-0.4, -0.2) is 17.1 Å². The van der Waals surface area contributed by atoms with Crippen molar-refractivity contribution in [3.8, 4) is 0 Å². The number of aromatic nitrogens is 1. The van der Waals surface area contributed by atoms with Crippen LogP contribution in [0.4, 0.5) is 13.2 Å². The molecule has 0 N–H and O–H groups in total. The minimum Gasteiger partial charge on any atom is -0.462 e. The Bertz CT molecular complexity index is 1140. The normalized spacial score (nSPS) is 12.0. The Morgan fingerprint density at radius 3 is 2.61 bits per heavy atom. The van der Waals surface area contributed by atoms with E-state index in [9.17, 15) is 18.0 Å². The molecule has 2 aromatic heterocycles. The number of esters is 1. The standard InChI is InChI=1S/C21H16F3NO3/c1-2-27-20(26)17-11-15(21(22,23)24)9-14-7-8-25(19(14)17)12-16-10-13-5-3-4-6-18(13)28-16/h3-11H,2,12H2,1H3. The van der Waals surface area contributed by atoms with Crippen molar-refractivity contribution in [1.82, 2.24) is 4.57 Å². The summed E-state index contributed by atoms with van der Waals surface area (Å²) in [5, 5.41) is 1.24. The molecule has 0 spiro atoms. The molecule has 0 unspecified atom stereocenters. The summed E-state index contributed by atoms with van der Waals surface area (Å²) in [6.07, 6.45) is -2.92. The largest absolute Gasteiger partial charge is 0.462 e. The molecule has 4 aromatic rings. The molecule has 0 bridgehead atoms. The first-order valence-corrected chi connectivity index (χ1v) is 8.71. The van der Waals surface area contributed by atoms with Gasteiger partial charge in [0.2, 0.25) is 0 Å². The zero-order chi connectivity index (χ0) is 19.9. The molecule has 0 aliphatic rings. The van der Waals surface area contributed by atoms with Crippen LogP contribution in [0.25, 0.3) is 21.9 Å². The number of furan rings is 1. The molecular formula is C21H16F3NO3. The van der Waals surface area contributed by atoms with Crippen LogP contribution in [-0.2, 0) is 17.5 Å². The Hall–Kier alpha value is -3.22. The molecular weight excluding hydrogens is 371 g/mol. The van der Waals surface area contributed by atoms with Gasteiger partial charge in [-0.3, -0.25) is 0 Å². The van der Waals surface area contributed by atoms with Crippen molar-refractivity contribution in [2.24, 2.45) is 0 Å². The lowest BCUT2D eigenvalue weighted by Crippen LogP contribution is -2.12. The topological polar surface area (TPSA) is 44.4 Å². The van der Waals surface area contributed by atoms with Crippen LogP contribution < -0.4 is 0 Å². The summed E-state index contributed by atoms with van der Waals surface area (Å²) in [7, 11) is 0. The summed E-state index contributed by atoms with van der Waals surface area (Å²) in [4.78, 5) is 12.4. The van der Waals surface area contributed by atoms with Gasteiger partial charge in [0.1, 0.15) is 11.3 Å². The van der Waals surface area contributed by atoms with Crippen LogP contribution in [0.15, 0.2) is 59.1 Å². The summed E-state index contributed by atoms with van der Waals surface area (Å²) < 4.78 is 52.2. The lowest BCUT2D eigenvalue weighted by molar-refractivity contribution is -0.137. The Labute approximate surface area is 158 Å². The number of hydrogen-bond donors (Lipinski definition) is 0. The number of hydrogen-bond acceptors (Lipinski definition) is 3. The second-order valence-corrected chi connectivity index (χ2v) is 6.37. The number of carbonyl (C=O) groups is 1. The van der Waals surface area contributed by atoms with Gasteiger partial charge in [-0.15, -0.1) is 0 Å². The van der Waals surface area contributed by atoms with Gasteiger partial charge in [0.15, 0.2) is 0 Å². The van der Waals surface area contributed by atoms with E-state index in [0.29, 0.717) is 16.7 Å². The monoisotopic (exact) mass is 387 g/mol. The van der Waals surface area contributed by atoms with Crippen LogP contribution in [0, 0.1) is 0 Å². The van der Waals surface area contributed by atoms with E-state index >= 15 is 0 Å². The summed E-state index contributed by atoms with van der Waals surface area (Å²) in [6.45, 7) is 1.95. The van der Waals surface area contributed by atoms with Gasteiger partial charge in [0.05, 0.1) is 29.8 Å². The first-order chi connectivity index (χ1) is 13.4. The van der Waals surface area contributed by atoms with Crippen LogP contribution in [0.3, 0.4) is 0 Å². The van der Waals surface area contributed by atoms with Crippen molar-refractivity contribution in [2.45, 2.75) is 19.6 Å². The van der Waals surface area contributed by atoms with Crippen molar-refractivity contribution >= 4 is 27.8 Å². The maximum atomic E-state index is 13.2. The number of fused-ring (bicyclic) bond motifs is 2. The first kappa shape index (κ1) is 18.2. The summed E-state index contributed by atoms with van der Waals surface area (Å²) >= 11 is 0. The fourth-order valence-electron chi connectivity index (χ4n) is 3.29. The molecule has 0 saturated heterocycles. The third-order valence-corrected chi connectivity index (χ3v) is 4.49. The van der Waals surface area contributed by atoms with Gasteiger partial charge in [0, 0.05) is 17.0 Å². The molecule has 0 fully saturated rings. The van der Waals surface area contributed by atoms with Crippen LogP contribution in [0.5, 0.6) is 0 Å². The van der Waals surface area contributed by atoms with E-state index in [1.807, 2.05) is 30.3 Å². The van der Waals surface area contributed by atoms with E-state index in [1.54, 1.807) is 23.8 Å². The lowest BCUT2D eigenvalue weighted by atomic mass is 10.1. The number of alkyl halides is 3. The van der Waals surface area contributed by atoms with Crippen molar-refractivity contribution in [2.75, 3.05) is 6.61 Å². The molecule has 0 aliphatic heterocycles. The molecule has 0 aliphatic carbocycles. The number of benzene rings is 2. The van der Waals surface area contributed by atoms with Gasteiger partial charge in [-0.05, 0) is 37.3 Å². The van der Waals surface area contributed by atoms with E-state index in [0.717, 1.165) is 23.1 Å². The highest BCUT2D eigenvalue weighted by Crippen LogP contribution is 2.34. The van der Waals surface area contributed by atoms with Gasteiger partial charge < -0.3 is 13.7 Å². The minimum atomic E-state index is -4.56. The van der Waals surface area contributed by atoms with Crippen LogP contribution in [0.2, 0.25) is 0 Å². The number of para-hydroxylation sites is 1. The zero-order valence-electron chi connectivity index (χ0n) is 14.9. The second kappa shape index (κ2) is 6.74. The molecule has 4 rings (SSSR count). The predicted octanol–water partition coefficient (Wildman–Crippen LogP) is 5.63. The molecule has 2 aromatic carbocycles. The molecule has 144 valence electrons. The Morgan fingerprint density at radius 2 is 1.89 bits per heavy atom. The van der Waals surface area contributed by atoms with Crippen molar-refractivity contribution < 1.29 is 27.1 Å². The smallest absolute Gasteiger partial charge is 0.416 e. The van der Waals surface area contributed by atoms with Gasteiger partial charge in [-0.1, -0.05) is 18.2 Å². The van der Waals surface area contributed by atoms with Crippen molar-refractivity contribution in [3.63, 3.8) is 0 Å². The average molecular weight is 387 g/mol. The minimum absolute atomic E-state index is 0.0703. The van der Waals surface area contributed by atoms with Gasteiger partial charge >= 0.3 is 12.1 Å². The molecule has 28 heavy (non-hydrogen) atoms. The maximum absolute atomic E-state index is 13.2. The first-order valence-electron chi connectivity index (χ1n) is 8.71.